The molecule has 0 radical (unpaired) electrons. The first kappa shape index (κ1) is 13.8. The van der Waals surface area contributed by atoms with E-state index in [0.717, 1.165) is 34.2 Å². The summed E-state index contributed by atoms with van der Waals surface area (Å²) in [6.07, 6.45) is 2.90. The van der Waals surface area contributed by atoms with Crippen molar-refractivity contribution in [3.8, 4) is 0 Å². The van der Waals surface area contributed by atoms with Crippen LogP contribution in [0.25, 0.3) is 0 Å². The molecular weight excluding hydrogens is 320 g/mol. The van der Waals surface area contributed by atoms with Crippen LogP contribution in [0.2, 0.25) is 5.02 Å². The summed E-state index contributed by atoms with van der Waals surface area (Å²) in [5, 5.41) is 3.55. The van der Waals surface area contributed by atoms with Crippen LogP contribution >= 0.6 is 23.4 Å². The highest BCUT2D eigenvalue weighted by atomic mass is 35.5. The standard InChI is InChI=1S/C15H13ClN4OS/c16-9-3-1-4-10-12(9)13-17-6-7-20(13)15(18-10)19-14(21)11-5-2-8-22-11/h1,3-5H,2,6-8H2,(H,18,19,21). The SMILES string of the molecule is O=C(NC1=Nc2cccc(Cl)c2C2=NCCN12)C1=CCCS1. The van der Waals surface area contributed by atoms with Gasteiger partial charge in [0.25, 0.3) is 5.91 Å². The molecule has 0 bridgehead atoms. The molecule has 5 nitrogen and oxygen atoms in total. The Kier molecular flexibility index (Phi) is 3.43. The number of carbonyl (C=O) groups excluding carboxylic acids is 1. The van der Waals surface area contributed by atoms with E-state index in [1.54, 1.807) is 11.8 Å². The highest BCUT2D eigenvalue weighted by Gasteiger charge is 2.32. The van der Waals surface area contributed by atoms with E-state index in [9.17, 15) is 4.79 Å². The molecule has 3 heterocycles. The van der Waals surface area contributed by atoms with Crippen molar-refractivity contribution in [2.75, 3.05) is 18.8 Å². The Labute approximate surface area is 137 Å². The molecule has 4 rings (SSSR count). The summed E-state index contributed by atoms with van der Waals surface area (Å²) < 4.78 is 0. The Hall–Kier alpha value is -1.79. The molecule has 0 atom stereocenters. The number of benzene rings is 1. The molecule has 3 aliphatic rings. The molecule has 0 aliphatic carbocycles. The monoisotopic (exact) mass is 332 g/mol. The largest absolute Gasteiger partial charge is 0.294 e. The van der Waals surface area contributed by atoms with E-state index in [-0.39, 0.29) is 5.91 Å². The number of aliphatic imine (C=N–C) groups is 2. The first-order chi connectivity index (χ1) is 10.7. The number of amidine groups is 1. The van der Waals surface area contributed by atoms with E-state index in [0.29, 0.717) is 24.1 Å². The molecule has 0 saturated carbocycles. The van der Waals surface area contributed by atoms with Gasteiger partial charge in [0.05, 0.1) is 27.7 Å². The second-order valence-corrected chi connectivity index (χ2v) is 6.63. The first-order valence-electron chi connectivity index (χ1n) is 7.08. The van der Waals surface area contributed by atoms with Gasteiger partial charge in [-0.15, -0.1) is 11.8 Å². The lowest BCUT2D eigenvalue weighted by Crippen LogP contribution is -2.47. The number of rotatable bonds is 1. The smallest absolute Gasteiger partial charge is 0.264 e. The van der Waals surface area contributed by atoms with Crippen molar-refractivity contribution in [3.05, 3.63) is 39.8 Å². The fourth-order valence-corrected chi connectivity index (χ4v) is 3.83. The molecule has 3 aliphatic heterocycles. The molecule has 0 unspecified atom stereocenters. The lowest BCUT2D eigenvalue weighted by Gasteiger charge is -2.27. The number of halogens is 1. The summed E-state index contributed by atoms with van der Waals surface area (Å²) >= 11 is 7.87. The van der Waals surface area contributed by atoms with E-state index in [1.165, 1.54) is 0 Å². The van der Waals surface area contributed by atoms with Crippen molar-refractivity contribution < 1.29 is 4.79 Å². The molecule has 0 aromatic heterocycles. The molecule has 0 fully saturated rings. The van der Waals surface area contributed by atoms with Gasteiger partial charge in [0.2, 0.25) is 5.96 Å². The van der Waals surface area contributed by atoms with Gasteiger partial charge in [0, 0.05) is 12.3 Å². The minimum absolute atomic E-state index is 0.0991. The van der Waals surface area contributed by atoms with Gasteiger partial charge in [-0.2, -0.15) is 0 Å². The predicted molar refractivity (Wildman–Crippen MR) is 90.0 cm³/mol. The normalized spacial score (nSPS) is 19.1. The van der Waals surface area contributed by atoms with Gasteiger partial charge < -0.3 is 0 Å². The third-order valence-electron chi connectivity index (χ3n) is 3.69. The average molecular weight is 333 g/mol. The summed E-state index contributed by atoms with van der Waals surface area (Å²) in [4.78, 5) is 24.1. The maximum atomic E-state index is 12.3. The lowest BCUT2D eigenvalue weighted by molar-refractivity contribution is -0.115. The predicted octanol–water partition coefficient (Wildman–Crippen LogP) is 2.54. The number of carbonyl (C=O) groups is 1. The van der Waals surface area contributed by atoms with E-state index in [1.807, 2.05) is 29.2 Å². The Morgan fingerprint density at radius 1 is 1.41 bits per heavy atom. The zero-order valence-corrected chi connectivity index (χ0v) is 13.2. The number of nitrogens with zero attached hydrogens (tertiary/aromatic N) is 3. The summed E-state index contributed by atoms with van der Waals surface area (Å²) in [5.41, 5.74) is 1.59. The zero-order valence-electron chi connectivity index (χ0n) is 11.7. The molecule has 1 aromatic rings. The van der Waals surface area contributed by atoms with Gasteiger partial charge in [-0.25, -0.2) is 4.99 Å². The van der Waals surface area contributed by atoms with Crippen LogP contribution in [-0.2, 0) is 4.79 Å². The minimum Gasteiger partial charge on any atom is -0.294 e. The van der Waals surface area contributed by atoms with Gasteiger partial charge >= 0.3 is 0 Å². The summed E-state index contributed by atoms with van der Waals surface area (Å²) in [6.45, 7) is 1.37. The highest BCUT2D eigenvalue weighted by Crippen LogP contribution is 2.33. The average Bonchev–Trinajstić information content (AvgIpc) is 3.19. The Bertz CT molecular complexity index is 756. The molecule has 0 spiro atoms. The number of allylic oxidation sites excluding steroid dienone is 1. The van der Waals surface area contributed by atoms with Crippen molar-refractivity contribution >= 4 is 46.8 Å². The van der Waals surface area contributed by atoms with Crippen LogP contribution in [0.4, 0.5) is 5.69 Å². The lowest BCUT2D eigenvalue weighted by atomic mass is 10.1. The molecule has 1 N–H and O–H groups in total. The van der Waals surface area contributed by atoms with Crippen LogP contribution in [0, 0.1) is 0 Å². The van der Waals surface area contributed by atoms with Crippen LogP contribution in [0.3, 0.4) is 0 Å². The van der Waals surface area contributed by atoms with Crippen molar-refractivity contribution in [1.29, 1.82) is 0 Å². The topological polar surface area (TPSA) is 57.1 Å². The van der Waals surface area contributed by atoms with E-state index in [4.69, 9.17) is 11.6 Å². The van der Waals surface area contributed by atoms with Crippen molar-refractivity contribution in [2.45, 2.75) is 6.42 Å². The molecule has 7 heteroatoms. The Morgan fingerprint density at radius 3 is 3.14 bits per heavy atom. The molecule has 1 amide bonds. The maximum Gasteiger partial charge on any atom is 0.264 e. The number of nitrogens with one attached hydrogen (secondary N) is 1. The number of hydrogen-bond donors (Lipinski definition) is 1. The molecule has 22 heavy (non-hydrogen) atoms. The number of fused-ring (bicyclic) bond motifs is 3. The fourth-order valence-electron chi connectivity index (χ4n) is 2.70. The molecule has 0 saturated heterocycles. The summed E-state index contributed by atoms with van der Waals surface area (Å²) in [6, 6.07) is 5.57. The fraction of sp³-hybridized carbons (Fsp3) is 0.267. The summed E-state index contributed by atoms with van der Waals surface area (Å²) in [7, 11) is 0. The van der Waals surface area contributed by atoms with Crippen molar-refractivity contribution in [3.63, 3.8) is 0 Å². The summed E-state index contributed by atoms with van der Waals surface area (Å²) in [5.74, 6) is 2.19. The third kappa shape index (κ3) is 2.23. The van der Waals surface area contributed by atoms with E-state index >= 15 is 0 Å². The number of hydrogen-bond acceptors (Lipinski definition) is 5. The number of thioether (sulfide) groups is 1. The van der Waals surface area contributed by atoms with E-state index < -0.39 is 0 Å². The van der Waals surface area contributed by atoms with Gasteiger partial charge in [-0.1, -0.05) is 23.7 Å². The van der Waals surface area contributed by atoms with Gasteiger partial charge in [-0.05, 0) is 18.6 Å². The Balaban J connectivity index is 1.71. The quantitative estimate of drug-likeness (QED) is 0.859. The highest BCUT2D eigenvalue weighted by molar-refractivity contribution is 8.04. The first-order valence-corrected chi connectivity index (χ1v) is 8.44. The van der Waals surface area contributed by atoms with Crippen LogP contribution in [-0.4, -0.2) is 41.4 Å². The van der Waals surface area contributed by atoms with Crippen LogP contribution < -0.4 is 5.32 Å². The van der Waals surface area contributed by atoms with Gasteiger partial charge in [0.1, 0.15) is 5.84 Å². The molecule has 1 aromatic carbocycles. The Morgan fingerprint density at radius 2 is 2.32 bits per heavy atom. The molecular formula is C15H13ClN4OS. The van der Waals surface area contributed by atoms with Crippen molar-refractivity contribution in [1.82, 2.24) is 10.2 Å². The van der Waals surface area contributed by atoms with E-state index in [2.05, 4.69) is 15.3 Å². The second kappa shape index (κ2) is 5.44. The molecule has 112 valence electrons. The number of amides is 1. The van der Waals surface area contributed by atoms with Crippen LogP contribution in [0.1, 0.15) is 12.0 Å². The minimum atomic E-state index is -0.0991. The zero-order chi connectivity index (χ0) is 15.1. The van der Waals surface area contributed by atoms with Gasteiger partial charge in [-0.3, -0.25) is 20.0 Å². The van der Waals surface area contributed by atoms with Crippen LogP contribution in [0.15, 0.2) is 39.2 Å². The third-order valence-corrected chi connectivity index (χ3v) is 5.11. The number of guanidine groups is 1. The van der Waals surface area contributed by atoms with Crippen LogP contribution in [0.5, 0.6) is 0 Å². The van der Waals surface area contributed by atoms with Gasteiger partial charge in [0.15, 0.2) is 0 Å². The van der Waals surface area contributed by atoms with Crippen molar-refractivity contribution in [2.24, 2.45) is 9.98 Å². The second-order valence-electron chi connectivity index (χ2n) is 5.09. The maximum absolute atomic E-state index is 12.3.